The van der Waals surface area contributed by atoms with E-state index in [9.17, 15) is 4.79 Å². The lowest BCUT2D eigenvalue weighted by Crippen LogP contribution is -2.48. The number of amides is 1. The zero-order valence-electron chi connectivity index (χ0n) is 15.7. The fourth-order valence-corrected chi connectivity index (χ4v) is 3.06. The number of nitrogens with zero attached hydrogens (tertiary/aromatic N) is 4. The molecule has 1 aromatic carbocycles. The average molecular weight is 357 g/mol. The van der Waals surface area contributed by atoms with E-state index in [0.717, 1.165) is 31.9 Å². The van der Waals surface area contributed by atoms with Crippen LogP contribution in [-0.2, 0) is 11.3 Å². The monoisotopic (exact) mass is 357 g/mol. The van der Waals surface area contributed by atoms with Crippen LogP contribution in [0.3, 0.4) is 0 Å². The number of piperazine rings is 1. The summed E-state index contributed by atoms with van der Waals surface area (Å²) in [5, 5.41) is 6.80. The van der Waals surface area contributed by atoms with Gasteiger partial charge in [0.2, 0.25) is 11.8 Å². The predicted octanol–water partition coefficient (Wildman–Crippen LogP) is 2.26. The molecule has 0 spiro atoms. The number of hydrogen-bond donors (Lipinski definition) is 1. The molecule has 1 saturated heterocycles. The molecular weight excluding hydrogens is 330 g/mol. The number of aryl methyl sites for hydroxylation is 1. The molecule has 2 aromatic rings. The van der Waals surface area contributed by atoms with Crippen molar-refractivity contribution in [2.45, 2.75) is 33.2 Å². The second-order valence-electron chi connectivity index (χ2n) is 7.11. The lowest BCUT2D eigenvalue weighted by molar-refractivity contribution is -0.117. The fraction of sp³-hybridized carbons (Fsp3) is 0.526. The lowest BCUT2D eigenvalue weighted by Gasteiger charge is -2.33. The van der Waals surface area contributed by atoms with Gasteiger partial charge in [0, 0.05) is 31.9 Å². The third-order valence-corrected chi connectivity index (χ3v) is 4.62. The topological polar surface area (TPSA) is 74.5 Å². The van der Waals surface area contributed by atoms with Crippen molar-refractivity contribution < 1.29 is 9.32 Å². The summed E-state index contributed by atoms with van der Waals surface area (Å²) in [6.45, 7) is 10.7. The molecule has 2 heterocycles. The van der Waals surface area contributed by atoms with Crippen molar-refractivity contribution >= 4 is 11.6 Å². The van der Waals surface area contributed by atoms with E-state index in [1.807, 2.05) is 19.1 Å². The average Bonchev–Trinajstić information content (AvgIpc) is 3.02. The van der Waals surface area contributed by atoms with Crippen molar-refractivity contribution in [3.05, 3.63) is 41.5 Å². The summed E-state index contributed by atoms with van der Waals surface area (Å²) in [5.74, 6) is 1.84. The minimum atomic E-state index is 0.0308. The highest BCUT2D eigenvalue weighted by Gasteiger charge is 2.20. The van der Waals surface area contributed by atoms with Gasteiger partial charge in [0.15, 0.2) is 5.82 Å². The molecule has 3 rings (SSSR count). The van der Waals surface area contributed by atoms with Crippen molar-refractivity contribution in [3.8, 4) is 0 Å². The van der Waals surface area contributed by atoms with Gasteiger partial charge in [-0.05, 0) is 30.5 Å². The van der Waals surface area contributed by atoms with Gasteiger partial charge in [-0.15, -0.1) is 0 Å². The molecule has 1 aromatic heterocycles. The molecule has 7 heteroatoms. The standard InChI is InChI=1S/C19H27N5O2/c1-14(2)16-4-6-17(7-5-16)21-18(25)12-23-8-10-24(11-9-23)13-19-20-15(3)22-26-19/h4-7,14H,8-13H2,1-3H3,(H,21,25). The van der Waals surface area contributed by atoms with E-state index in [-0.39, 0.29) is 5.91 Å². The maximum absolute atomic E-state index is 12.3. The molecule has 0 aliphatic carbocycles. The van der Waals surface area contributed by atoms with Crippen LogP contribution in [0.4, 0.5) is 5.69 Å². The zero-order valence-corrected chi connectivity index (χ0v) is 15.7. The smallest absolute Gasteiger partial charge is 0.240 e. The van der Waals surface area contributed by atoms with E-state index in [2.05, 4.69) is 51.2 Å². The van der Waals surface area contributed by atoms with Gasteiger partial charge in [0.05, 0.1) is 13.1 Å². The summed E-state index contributed by atoms with van der Waals surface area (Å²) in [7, 11) is 0. The van der Waals surface area contributed by atoms with Crippen molar-refractivity contribution in [1.82, 2.24) is 19.9 Å². The Labute approximate surface area is 154 Å². The van der Waals surface area contributed by atoms with Crippen LogP contribution < -0.4 is 5.32 Å². The van der Waals surface area contributed by atoms with Crippen LogP contribution in [0.2, 0.25) is 0 Å². The molecule has 0 unspecified atom stereocenters. The van der Waals surface area contributed by atoms with Gasteiger partial charge in [-0.3, -0.25) is 14.6 Å². The van der Waals surface area contributed by atoms with Crippen LogP contribution in [-0.4, -0.2) is 58.6 Å². The molecule has 1 aliphatic heterocycles. The summed E-state index contributed by atoms with van der Waals surface area (Å²) in [6, 6.07) is 8.08. The number of benzene rings is 1. The SMILES string of the molecule is Cc1noc(CN2CCN(CC(=O)Nc3ccc(C(C)C)cc3)CC2)n1. The van der Waals surface area contributed by atoms with Gasteiger partial charge in [-0.2, -0.15) is 4.98 Å². The number of rotatable bonds is 6. The number of carbonyl (C=O) groups is 1. The van der Waals surface area contributed by atoms with E-state index in [4.69, 9.17) is 4.52 Å². The Balaban J connectivity index is 1.41. The molecule has 1 N–H and O–H groups in total. The quantitative estimate of drug-likeness (QED) is 0.855. The Morgan fingerprint density at radius 2 is 1.81 bits per heavy atom. The Hall–Kier alpha value is -2.25. The Kier molecular flexibility index (Phi) is 6.00. The van der Waals surface area contributed by atoms with Crippen molar-refractivity contribution in [1.29, 1.82) is 0 Å². The van der Waals surface area contributed by atoms with Crippen LogP contribution in [0.25, 0.3) is 0 Å². The maximum Gasteiger partial charge on any atom is 0.240 e. The van der Waals surface area contributed by atoms with Gasteiger partial charge >= 0.3 is 0 Å². The molecule has 1 amide bonds. The van der Waals surface area contributed by atoms with Crippen LogP contribution in [0.5, 0.6) is 0 Å². The van der Waals surface area contributed by atoms with Gasteiger partial charge in [-0.25, -0.2) is 0 Å². The highest BCUT2D eigenvalue weighted by molar-refractivity contribution is 5.92. The van der Waals surface area contributed by atoms with Gasteiger partial charge < -0.3 is 9.84 Å². The van der Waals surface area contributed by atoms with E-state index >= 15 is 0 Å². The van der Waals surface area contributed by atoms with E-state index in [1.54, 1.807) is 0 Å². The van der Waals surface area contributed by atoms with Crippen molar-refractivity contribution in [2.24, 2.45) is 0 Å². The van der Waals surface area contributed by atoms with Crippen molar-refractivity contribution in [3.63, 3.8) is 0 Å². The molecule has 1 aliphatic rings. The minimum absolute atomic E-state index is 0.0308. The maximum atomic E-state index is 12.3. The molecule has 26 heavy (non-hydrogen) atoms. The molecule has 0 atom stereocenters. The van der Waals surface area contributed by atoms with Crippen LogP contribution in [0, 0.1) is 6.92 Å². The minimum Gasteiger partial charge on any atom is -0.338 e. The first-order valence-corrected chi connectivity index (χ1v) is 9.13. The Morgan fingerprint density at radius 1 is 1.15 bits per heavy atom. The van der Waals surface area contributed by atoms with Gasteiger partial charge in [0.25, 0.3) is 0 Å². The molecule has 0 radical (unpaired) electrons. The number of hydrogen-bond acceptors (Lipinski definition) is 6. The number of anilines is 1. The highest BCUT2D eigenvalue weighted by atomic mass is 16.5. The Bertz CT molecular complexity index is 718. The first-order chi connectivity index (χ1) is 12.5. The molecule has 140 valence electrons. The summed E-state index contributed by atoms with van der Waals surface area (Å²) < 4.78 is 5.17. The number of aromatic nitrogens is 2. The predicted molar refractivity (Wildman–Crippen MR) is 99.9 cm³/mol. The second-order valence-corrected chi connectivity index (χ2v) is 7.11. The molecule has 0 saturated carbocycles. The summed E-state index contributed by atoms with van der Waals surface area (Å²) in [4.78, 5) is 21.0. The summed E-state index contributed by atoms with van der Waals surface area (Å²) >= 11 is 0. The first-order valence-electron chi connectivity index (χ1n) is 9.13. The molecule has 1 fully saturated rings. The van der Waals surface area contributed by atoms with Crippen LogP contribution in [0.15, 0.2) is 28.8 Å². The fourth-order valence-electron chi connectivity index (χ4n) is 3.06. The number of nitrogens with one attached hydrogen (secondary N) is 1. The van der Waals surface area contributed by atoms with E-state index in [1.165, 1.54) is 5.56 Å². The van der Waals surface area contributed by atoms with E-state index < -0.39 is 0 Å². The third-order valence-electron chi connectivity index (χ3n) is 4.62. The zero-order chi connectivity index (χ0) is 18.5. The Morgan fingerprint density at radius 3 is 2.38 bits per heavy atom. The van der Waals surface area contributed by atoms with Crippen LogP contribution >= 0.6 is 0 Å². The normalized spacial score (nSPS) is 16.2. The largest absolute Gasteiger partial charge is 0.338 e. The summed E-state index contributed by atoms with van der Waals surface area (Å²) in [6.07, 6.45) is 0. The van der Waals surface area contributed by atoms with Gasteiger partial charge in [-0.1, -0.05) is 31.1 Å². The van der Waals surface area contributed by atoms with Crippen LogP contribution in [0.1, 0.15) is 37.0 Å². The number of carbonyl (C=O) groups excluding carboxylic acids is 1. The second kappa shape index (κ2) is 8.42. The third kappa shape index (κ3) is 5.12. The lowest BCUT2D eigenvalue weighted by atomic mass is 10.0. The van der Waals surface area contributed by atoms with Crippen molar-refractivity contribution in [2.75, 3.05) is 38.0 Å². The molecule has 7 nitrogen and oxygen atoms in total. The van der Waals surface area contributed by atoms with Gasteiger partial charge in [0.1, 0.15) is 0 Å². The molecule has 0 bridgehead atoms. The highest BCUT2D eigenvalue weighted by Crippen LogP contribution is 2.17. The molecular formula is C19H27N5O2. The summed E-state index contributed by atoms with van der Waals surface area (Å²) in [5.41, 5.74) is 2.13. The first kappa shape index (κ1) is 18.5. The van der Waals surface area contributed by atoms with E-state index in [0.29, 0.717) is 30.7 Å².